The number of methoxy groups -OCH3 is 1. The summed E-state index contributed by atoms with van der Waals surface area (Å²) in [5, 5.41) is 0. The van der Waals surface area contributed by atoms with Crippen molar-refractivity contribution in [2.24, 2.45) is 0 Å². The topological polar surface area (TPSA) is 34.6 Å². The number of anilines is 1. The molecule has 1 aromatic carbocycles. The standard InChI is InChI=1S/C17H20N2O2/c1-20-16-4-2-3-5-17(16)21-15-8-12-19(13-9-15)14-6-10-18-11-7-14/h2-7,10-11,15H,8-9,12-13H2,1H3. The first-order valence-corrected chi connectivity index (χ1v) is 7.31. The van der Waals surface area contributed by atoms with E-state index in [1.807, 2.05) is 36.7 Å². The minimum absolute atomic E-state index is 0.249. The van der Waals surface area contributed by atoms with Crippen LogP contribution in [-0.2, 0) is 0 Å². The number of pyridine rings is 1. The molecule has 4 nitrogen and oxygen atoms in total. The summed E-state index contributed by atoms with van der Waals surface area (Å²) >= 11 is 0. The van der Waals surface area contributed by atoms with Crippen molar-refractivity contribution in [2.45, 2.75) is 18.9 Å². The molecule has 21 heavy (non-hydrogen) atoms. The van der Waals surface area contributed by atoms with E-state index in [1.54, 1.807) is 7.11 Å². The van der Waals surface area contributed by atoms with Crippen molar-refractivity contribution in [1.29, 1.82) is 0 Å². The third kappa shape index (κ3) is 3.27. The Balaban J connectivity index is 1.59. The Morgan fingerprint density at radius 1 is 1.00 bits per heavy atom. The van der Waals surface area contributed by atoms with Gasteiger partial charge < -0.3 is 14.4 Å². The van der Waals surface area contributed by atoms with Crippen molar-refractivity contribution in [3.63, 3.8) is 0 Å². The number of nitrogens with zero attached hydrogens (tertiary/aromatic N) is 2. The van der Waals surface area contributed by atoms with Crippen molar-refractivity contribution in [3.8, 4) is 11.5 Å². The molecule has 0 bridgehead atoms. The van der Waals surface area contributed by atoms with Crippen LogP contribution in [0, 0.1) is 0 Å². The van der Waals surface area contributed by atoms with Crippen LogP contribution in [0.3, 0.4) is 0 Å². The lowest BCUT2D eigenvalue weighted by Gasteiger charge is -2.33. The van der Waals surface area contributed by atoms with Gasteiger partial charge in [-0.1, -0.05) is 12.1 Å². The molecule has 1 fully saturated rings. The van der Waals surface area contributed by atoms with Gasteiger partial charge in [-0.15, -0.1) is 0 Å². The molecule has 0 amide bonds. The smallest absolute Gasteiger partial charge is 0.161 e. The van der Waals surface area contributed by atoms with Gasteiger partial charge in [0.25, 0.3) is 0 Å². The molecule has 0 N–H and O–H groups in total. The number of aromatic nitrogens is 1. The third-order valence-corrected chi connectivity index (χ3v) is 3.83. The lowest BCUT2D eigenvalue weighted by atomic mass is 10.1. The van der Waals surface area contributed by atoms with Gasteiger partial charge in [-0.2, -0.15) is 0 Å². The molecule has 3 rings (SSSR count). The summed E-state index contributed by atoms with van der Waals surface area (Å²) in [5.74, 6) is 1.64. The highest BCUT2D eigenvalue weighted by molar-refractivity contribution is 5.45. The Hall–Kier alpha value is -2.23. The fourth-order valence-corrected chi connectivity index (χ4v) is 2.68. The molecule has 1 aromatic heterocycles. The van der Waals surface area contributed by atoms with E-state index in [1.165, 1.54) is 5.69 Å². The third-order valence-electron chi connectivity index (χ3n) is 3.83. The molecule has 0 spiro atoms. The van der Waals surface area contributed by atoms with Crippen LogP contribution >= 0.6 is 0 Å². The van der Waals surface area contributed by atoms with Crippen LogP contribution in [0.5, 0.6) is 11.5 Å². The van der Waals surface area contributed by atoms with E-state index < -0.39 is 0 Å². The number of hydrogen-bond donors (Lipinski definition) is 0. The molecule has 110 valence electrons. The Labute approximate surface area is 125 Å². The Kier molecular flexibility index (Phi) is 4.24. The lowest BCUT2D eigenvalue weighted by molar-refractivity contribution is 0.164. The molecule has 0 atom stereocenters. The predicted octanol–water partition coefficient (Wildman–Crippen LogP) is 3.14. The summed E-state index contributed by atoms with van der Waals surface area (Å²) in [7, 11) is 1.67. The lowest BCUT2D eigenvalue weighted by Crippen LogP contribution is -2.38. The molecule has 2 aromatic rings. The summed E-state index contributed by atoms with van der Waals surface area (Å²) in [6.45, 7) is 2.01. The van der Waals surface area contributed by atoms with Crippen LogP contribution in [0.1, 0.15) is 12.8 Å². The highest BCUT2D eigenvalue weighted by Gasteiger charge is 2.21. The molecule has 0 saturated carbocycles. The summed E-state index contributed by atoms with van der Waals surface area (Å²) in [5.41, 5.74) is 1.24. The Morgan fingerprint density at radius 2 is 1.67 bits per heavy atom. The molecule has 1 aliphatic rings. The normalized spacial score (nSPS) is 15.8. The van der Waals surface area contributed by atoms with Gasteiger partial charge in [-0.05, 0) is 24.3 Å². The van der Waals surface area contributed by atoms with Gasteiger partial charge in [0.15, 0.2) is 11.5 Å². The summed E-state index contributed by atoms with van der Waals surface area (Å²) in [6, 6.07) is 11.9. The Bertz CT molecular complexity index is 566. The summed E-state index contributed by atoms with van der Waals surface area (Å²) in [6.07, 6.45) is 5.96. The second-order valence-electron chi connectivity index (χ2n) is 5.16. The van der Waals surface area contributed by atoms with Crippen LogP contribution in [0.2, 0.25) is 0 Å². The first kappa shape index (κ1) is 13.7. The molecule has 1 saturated heterocycles. The molecule has 1 aliphatic heterocycles. The van der Waals surface area contributed by atoms with E-state index in [2.05, 4.69) is 22.0 Å². The maximum absolute atomic E-state index is 6.10. The molecule has 0 unspecified atom stereocenters. The monoisotopic (exact) mass is 284 g/mol. The predicted molar refractivity (Wildman–Crippen MR) is 83.1 cm³/mol. The molecule has 2 heterocycles. The molecular formula is C17H20N2O2. The van der Waals surface area contributed by atoms with E-state index in [9.17, 15) is 0 Å². The zero-order chi connectivity index (χ0) is 14.5. The first-order chi connectivity index (χ1) is 10.4. The number of para-hydroxylation sites is 2. The van der Waals surface area contributed by atoms with Crippen LogP contribution in [0.15, 0.2) is 48.8 Å². The average molecular weight is 284 g/mol. The van der Waals surface area contributed by atoms with Crippen molar-refractivity contribution in [3.05, 3.63) is 48.8 Å². The highest BCUT2D eigenvalue weighted by Crippen LogP contribution is 2.29. The van der Waals surface area contributed by atoms with Crippen LogP contribution < -0.4 is 14.4 Å². The van der Waals surface area contributed by atoms with Gasteiger partial charge in [0, 0.05) is 44.0 Å². The second kappa shape index (κ2) is 6.48. The zero-order valence-electron chi connectivity index (χ0n) is 12.2. The second-order valence-corrected chi connectivity index (χ2v) is 5.16. The SMILES string of the molecule is COc1ccccc1OC1CCN(c2ccncc2)CC1. The molecule has 0 radical (unpaired) electrons. The maximum atomic E-state index is 6.10. The largest absolute Gasteiger partial charge is 0.493 e. The fourth-order valence-electron chi connectivity index (χ4n) is 2.68. The van der Waals surface area contributed by atoms with E-state index in [4.69, 9.17) is 9.47 Å². The van der Waals surface area contributed by atoms with Gasteiger partial charge in [0.1, 0.15) is 6.10 Å². The summed E-state index contributed by atoms with van der Waals surface area (Å²) in [4.78, 5) is 6.44. The maximum Gasteiger partial charge on any atom is 0.161 e. The van der Waals surface area contributed by atoms with Crippen molar-refractivity contribution in [1.82, 2.24) is 4.98 Å². The first-order valence-electron chi connectivity index (χ1n) is 7.31. The zero-order valence-corrected chi connectivity index (χ0v) is 12.2. The Morgan fingerprint density at radius 3 is 2.33 bits per heavy atom. The van der Waals surface area contributed by atoms with Crippen molar-refractivity contribution >= 4 is 5.69 Å². The van der Waals surface area contributed by atoms with E-state index in [0.717, 1.165) is 37.4 Å². The number of benzene rings is 1. The average Bonchev–Trinajstić information content (AvgIpc) is 2.57. The van der Waals surface area contributed by atoms with Crippen LogP contribution in [0.25, 0.3) is 0 Å². The minimum Gasteiger partial charge on any atom is -0.493 e. The van der Waals surface area contributed by atoms with Gasteiger partial charge in [0.2, 0.25) is 0 Å². The van der Waals surface area contributed by atoms with Crippen LogP contribution in [-0.4, -0.2) is 31.3 Å². The summed E-state index contributed by atoms with van der Waals surface area (Å²) < 4.78 is 11.4. The molecular weight excluding hydrogens is 264 g/mol. The number of rotatable bonds is 4. The highest BCUT2D eigenvalue weighted by atomic mass is 16.5. The van der Waals surface area contributed by atoms with Gasteiger partial charge in [-0.3, -0.25) is 4.98 Å². The van der Waals surface area contributed by atoms with E-state index >= 15 is 0 Å². The van der Waals surface area contributed by atoms with Crippen molar-refractivity contribution in [2.75, 3.05) is 25.1 Å². The van der Waals surface area contributed by atoms with Crippen molar-refractivity contribution < 1.29 is 9.47 Å². The van der Waals surface area contributed by atoms with Gasteiger partial charge in [0.05, 0.1) is 7.11 Å². The number of piperidine rings is 1. The van der Waals surface area contributed by atoms with Gasteiger partial charge >= 0.3 is 0 Å². The number of hydrogen-bond acceptors (Lipinski definition) is 4. The van der Waals surface area contributed by atoms with E-state index in [0.29, 0.717) is 0 Å². The van der Waals surface area contributed by atoms with E-state index in [-0.39, 0.29) is 6.10 Å². The number of ether oxygens (including phenoxy) is 2. The van der Waals surface area contributed by atoms with Crippen LogP contribution in [0.4, 0.5) is 5.69 Å². The molecule has 4 heteroatoms. The minimum atomic E-state index is 0.249. The quantitative estimate of drug-likeness (QED) is 0.864. The molecule has 0 aliphatic carbocycles. The fraction of sp³-hybridized carbons (Fsp3) is 0.353. The van der Waals surface area contributed by atoms with Gasteiger partial charge in [-0.25, -0.2) is 0 Å².